The maximum absolute atomic E-state index is 6.48. The first kappa shape index (κ1) is 11.5. The molecule has 2 N–H and O–H groups in total. The van der Waals surface area contributed by atoms with Crippen LogP contribution in [0.3, 0.4) is 0 Å². The van der Waals surface area contributed by atoms with Crippen LogP contribution in [0, 0.1) is 0 Å². The van der Waals surface area contributed by atoms with Gasteiger partial charge in [0.25, 0.3) is 0 Å². The third kappa shape index (κ3) is 2.06. The summed E-state index contributed by atoms with van der Waals surface area (Å²) in [5, 5.41) is 0. The Kier molecular flexibility index (Phi) is 3.16. The van der Waals surface area contributed by atoms with Gasteiger partial charge in [-0.1, -0.05) is 54.6 Å². The fourth-order valence-corrected chi connectivity index (χ4v) is 3.07. The van der Waals surface area contributed by atoms with Crippen LogP contribution < -0.4 is 5.73 Å². The highest BCUT2D eigenvalue weighted by Crippen LogP contribution is 2.38. The Hall–Kier alpha value is -1.60. The number of hydrogen-bond acceptors (Lipinski definition) is 1. The molecule has 2 aromatic rings. The van der Waals surface area contributed by atoms with E-state index < -0.39 is 0 Å². The molecule has 1 aliphatic rings. The van der Waals surface area contributed by atoms with Crippen molar-refractivity contribution in [2.75, 3.05) is 0 Å². The van der Waals surface area contributed by atoms with E-state index in [1.165, 1.54) is 36.0 Å². The highest BCUT2D eigenvalue weighted by atomic mass is 14.7. The minimum absolute atomic E-state index is 0.118. The standard InChI is InChI=1S/C17H19N/c18-17(14-8-2-1-3-9-14)16-12-6-10-13-7-4-5-11-15(13)16/h1-5,7-9,11,16-17H,6,10,12,18H2/t16-,17+/m0/s1. The molecular formula is C17H19N. The van der Waals surface area contributed by atoms with E-state index in [1.807, 2.05) is 6.07 Å². The van der Waals surface area contributed by atoms with Crippen molar-refractivity contribution in [2.45, 2.75) is 31.2 Å². The fraction of sp³-hybridized carbons (Fsp3) is 0.294. The molecule has 0 unspecified atom stereocenters. The quantitative estimate of drug-likeness (QED) is 0.844. The average Bonchev–Trinajstić information content (AvgIpc) is 2.47. The van der Waals surface area contributed by atoms with E-state index in [0.717, 1.165) is 0 Å². The van der Waals surface area contributed by atoms with E-state index in [0.29, 0.717) is 5.92 Å². The Morgan fingerprint density at radius 1 is 0.944 bits per heavy atom. The number of fused-ring (bicyclic) bond motifs is 1. The summed E-state index contributed by atoms with van der Waals surface area (Å²) >= 11 is 0. The Bertz CT molecular complexity index is 518. The van der Waals surface area contributed by atoms with Crippen LogP contribution in [-0.4, -0.2) is 0 Å². The molecule has 0 radical (unpaired) electrons. The van der Waals surface area contributed by atoms with Gasteiger partial charge in [0.2, 0.25) is 0 Å². The van der Waals surface area contributed by atoms with Gasteiger partial charge in [0.15, 0.2) is 0 Å². The highest BCUT2D eigenvalue weighted by Gasteiger charge is 2.25. The predicted molar refractivity (Wildman–Crippen MR) is 75.5 cm³/mol. The molecule has 0 aliphatic heterocycles. The zero-order valence-corrected chi connectivity index (χ0v) is 10.5. The summed E-state index contributed by atoms with van der Waals surface area (Å²) in [5.41, 5.74) is 10.7. The van der Waals surface area contributed by atoms with Gasteiger partial charge in [-0.2, -0.15) is 0 Å². The maximum atomic E-state index is 6.48. The second-order valence-electron chi connectivity index (χ2n) is 5.13. The molecule has 0 bridgehead atoms. The van der Waals surface area contributed by atoms with Crippen LogP contribution in [0.25, 0.3) is 0 Å². The summed E-state index contributed by atoms with van der Waals surface area (Å²) in [6, 6.07) is 19.4. The van der Waals surface area contributed by atoms with Gasteiger partial charge in [0.05, 0.1) is 0 Å². The van der Waals surface area contributed by atoms with Crippen LogP contribution >= 0.6 is 0 Å². The monoisotopic (exact) mass is 237 g/mol. The van der Waals surface area contributed by atoms with E-state index in [-0.39, 0.29) is 6.04 Å². The first-order chi connectivity index (χ1) is 8.86. The van der Waals surface area contributed by atoms with E-state index >= 15 is 0 Å². The summed E-state index contributed by atoms with van der Waals surface area (Å²) in [6.45, 7) is 0. The molecule has 0 saturated heterocycles. The summed E-state index contributed by atoms with van der Waals surface area (Å²) in [6.07, 6.45) is 3.66. The molecule has 0 fully saturated rings. The van der Waals surface area contributed by atoms with Crippen LogP contribution in [0.1, 0.15) is 41.5 Å². The fourth-order valence-electron chi connectivity index (χ4n) is 3.07. The molecule has 0 spiro atoms. The minimum Gasteiger partial charge on any atom is -0.323 e. The number of hydrogen-bond donors (Lipinski definition) is 1. The summed E-state index contributed by atoms with van der Waals surface area (Å²) in [5.74, 6) is 0.470. The van der Waals surface area contributed by atoms with Crippen molar-refractivity contribution in [3.63, 3.8) is 0 Å². The van der Waals surface area contributed by atoms with Crippen LogP contribution in [0.5, 0.6) is 0 Å². The van der Waals surface area contributed by atoms with Crippen molar-refractivity contribution in [3.8, 4) is 0 Å². The molecule has 0 heterocycles. The normalized spacial score (nSPS) is 20.2. The lowest BCUT2D eigenvalue weighted by Crippen LogP contribution is -2.23. The van der Waals surface area contributed by atoms with Gasteiger partial charge in [-0.25, -0.2) is 0 Å². The highest BCUT2D eigenvalue weighted by molar-refractivity contribution is 5.36. The van der Waals surface area contributed by atoms with Crippen LogP contribution in [0.15, 0.2) is 54.6 Å². The van der Waals surface area contributed by atoms with Gasteiger partial charge in [-0.3, -0.25) is 0 Å². The molecule has 92 valence electrons. The molecule has 1 aliphatic carbocycles. The van der Waals surface area contributed by atoms with Crippen molar-refractivity contribution in [1.82, 2.24) is 0 Å². The smallest absolute Gasteiger partial charge is 0.0364 e. The molecule has 0 saturated carbocycles. The van der Waals surface area contributed by atoms with Gasteiger partial charge in [0, 0.05) is 12.0 Å². The lowest BCUT2D eigenvalue weighted by atomic mass is 9.77. The molecule has 0 amide bonds. The van der Waals surface area contributed by atoms with Crippen molar-refractivity contribution >= 4 is 0 Å². The van der Waals surface area contributed by atoms with E-state index in [9.17, 15) is 0 Å². The van der Waals surface area contributed by atoms with Gasteiger partial charge < -0.3 is 5.73 Å². The predicted octanol–water partition coefficient (Wildman–Crippen LogP) is 3.81. The number of rotatable bonds is 2. The largest absolute Gasteiger partial charge is 0.323 e. The molecule has 0 aromatic heterocycles. The molecule has 2 aromatic carbocycles. The van der Waals surface area contributed by atoms with Crippen LogP contribution in [0.2, 0.25) is 0 Å². The summed E-state index contributed by atoms with van der Waals surface area (Å²) in [7, 11) is 0. The molecule has 3 rings (SSSR count). The molecule has 18 heavy (non-hydrogen) atoms. The summed E-state index contributed by atoms with van der Waals surface area (Å²) in [4.78, 5) is 0. The van der Waals surface area contributed by atoms with E-state index in [4.69, 9.17) is 5.73 Å². The third-order valence-electron chi connectivity index (χ3n) is 4.03. The van der Waals surface area contributed by atoms with Crippen molar-refractivity contribution < 1.29 is 0 Å². The average molecular weight is 237 g/mol. The lowest BCUT2D eigenvalue weighted by Gasteiger charge is -2.30. The Morgan fingerprint density at radius 2 is 1.67 bits per heavy atom. The first-order valence-corrected chi connectivity index (χ1v) is 6.74. The van der Waals surface area contributed by atoms with E-state index in [1.54, 1.807) is 0 Å². The van der Waals surface area contributed by atoms with Gasteiger partial charge in [0.1, 0.15) is 0 Å². The Balaban J connectivity index is 1.94. The van der Waals surface area contributed by atoms with Crippen molar-refractivity contribution in [1.29, 1.82) is 0 Å². The summed E-state index contributed by atoms with van der Waals surface area (Å²) < 4.78 is 0. The van der Waals surface area contributed by atoms with Crippen LogP contribution in [0.4, 0.5) is 0 Å². The SMILES string of the molecule is N[C@H](c1ccccc1)[C@H]1CCCc2ccccc21. The third-order valence-corrected chi connectivity index (χ3v) is 4.03. The maximum Gasteiger partial charge on any atom is 0.0364 e. The number of aryl methyl sites for hydroxylation is 1. The number of benzene rings is 2. The van der Waals surface area contributed by atoms with Crippen molar-refractivity contribution in [3.05, 3.63) is 71.3 Å². The van der Waals surface area contributed by atoms with Crippen LogP contribution in [-0.2, 0) is 6.42 Å². The molecule has 1 heteroatoms. The first-order valence-electron chi connectivity index (χ1n) is 6.74. The lowest BCUT2D eigenvalue weighted by molar-refractivity contribution is 0.474. The minimum atomic E-state index is 0.118. The zero-order chi connectivity index (χ0) is 12.4. The second kappa shape index (κ2) is 4.95. The molecule has 2 atom stereocenters. The Morgan fingerprint density at radius 3 is 2.50 bits per heavy atom. The van der Waals surface area contributed by atoms with Gasteiger partial charge in [-0.15, -0.1) is 0 Å². The zero-order valence-electron chi connectivity index (χ0n) is 10.5. The molecular weight excluding hydrogens is 218 g/mol. The second-order valence-corrected chi connectivity index (χ2v) is 5.13. The van der Waals surface area contributed by atoms with E-state index in [2.05, 4.69) is 48.5 Å². The Labute approximate surface area is 109 Å². The van der Waals surface area contributed by atoms with Gasteiger partial charge >= 0.3 is 0 Å². The topological polar surface area (TPSA) is 26.0 Å². The van der Waals surface area contributed by atoms with Crippen molar-refractivity contribution in [2.24, 2.45) is 5.73 Å². The van der Waals surface area contributed by atoms with Gasteiger partial charge in [-0.05, 0) is 36.0 Å². The molecule has 1 nitrogen and oxygen atoms in total. The number of nitrogens with two attached hydrogens (primary N) is 1.